The molecule has 3 heteroatoms. The molecule has 0 spiro atoms. The van der Waals surface area contributed by atoms with Crippen molar-refractivity contribution in [3.05, 3.63) is 0 Å². The van der Waals surface area contributed by atoms with Gasteiger partial charge in [-0.05, 0) is 12.8 Å². The summed E-state index contributed by atoms with van der Waals surface area (Å²) in [5, 5.41) is 19.6. The lowest BCUT2D eigenvalue weighted by atomic mass is 10.0. The van der Waals surface area contributed by atoms with E-state index in [1.807, 2.05) is 0 Å². The predicted octanol–water partition coefficient (Wildman–Crippen LogP) is 11.1. The molecule has 0 aliphatic heterocycles. The van der Waals surface area contributed by atoms with E-state index >= 15 is 0 Å². The van der Waals surface area contributed by atoms with Crippen molar-refractivity contribution < 1.29 is 14.9 Å². The van der Waals surface area contributed by atoms with Gasteiger partial charge in [-0.1, -0.05) is 187 Å². The highest BCUT2D eigenvalue weighted by molar-refractivity contribution is 4.68. The molecule has 0 radical (unpaired) electrons. The van der Waals surface area contributed by atoms with Gasteiger partial charge in [0.2, 0.25) is 0 Å². The standard InChI is InChI=1S/C35H72O3/c1-3-5-7-9-11-13-15-17-19-21-23-25-27-29-31-35(34(37)33-36)38-32-30-28-26-24-22-20-18-16-14-12-10-8-6-4-2/h34-37H,3-33H2,1-2H3. The summed E-state index contributed by atoms with van der Waals surface area (Å²) < 4.78 is 6.01. The second-order valence-electron chi connectivity index (χ2n) is 12.1. The Bertz CT molecular complexity index is 414. The largest absolute Gasteiger partial charge is 0.394 e. The Labute approximate surface area is 240 Å². The summed E-state index contributed by atoms with van der Waals surface area (Å²) in [4.78, 5) is 0. The van der Waals surface area contributed by atoms with Crippen molar-refractivity contribution in [1.29, 1.82) is 0 Å². The zero-order chi connectivity index (χ0) is 27.8. The molecule has 0 fully saturated rings. The van der Waals surface area contributed by atoms with E-state index in [0.29, 0.717) is 0 Å². The molecule has 0 aliphatic rings. The van der Waals surface area contributed by atoms with Crippen LogP contribution in [0.5, 0.6) is 0 Å². The van der Waals surface area contributed by atoms with Gasteiger partial charge in [-0.2, -0.15) is 0 Å². The number of hydrogen-bond donors (Lipinski definition) is 2. The monoisotopic (exact) mass is 541 g/mol. The molecule has 2 N–H and O–H groups in total. The molecule has 0 heterocycles. The summed E-state index contributed by atoms with van der Waals surface area (Å²) in [7, 11) is 0. The summed E-state index contributed by atoms with van der Waals surface area (Å²) in [6, 6.07) is 0. The summed E-state index contributed by atoms with van der Waals surface area (Å²) in [6.07, 6.45) is 38.0. The number of aliphatic hydroxyl groups excluding tert-OH is 2. The molecule has 0 saturated carbocycles. The Kier molecular flexibility index (Phi) is 33.0. The minimum absolute atomic E-state index is 0.192. The fourth-order valence-corrected chi connectivity index (χ4v) is 5.58. The van der Waals surface area contributed by atoms with Gasteiger partial charge in [0.25, 0.3) is 0 Å². The van der Waals surface area contributed by atoms with Crippen LogP contribution < -0.4 is 0 Å². The van der Waals surface area contributed by atoms with Crippen LogP contribution in [-0.4, -0.2) is 35.6 Å². The molecule has 0 rings (SSSR count). The molecule has 0 bridgehead atoms. The Morgan fingerprint density at radius 1 is 0.421 bits per heavy atom. The molecule has 0 saturated heterocycles. The van der Waals surface area contributed by atoms with Gasteiger partial charge < -0.3 is 14.9 Å². The van der Waals surface area contributed by atoms with Crippen molar-refractivity contribution in [2.75, 3.05) is 13.2 Å². The van der Waals surface area contributed by atoms with E-state index in [0.717, 1.165) is 25.9 Å². The highest BCUT2D eigenvalue weighted by Crippen LogP contribution is 2.17. The average molecular weight is 541 g/mol. The molecule has 0 amide bonds. The third-order valence-corrected chi connectivity index (χ3v) is 8.29. The number of hydrogen-bond acceptors (Lipinski definition) is 3. The molecule has 0 aromatic heterocycles. The summed E-state index contributed by atoms with van der Waals surface area (Å²) >= 11 is 0. The van der Waals surface area contributed by atoms with Crippen LogP contribution in [0.15, 0.2) is 0 Å². The Morgan fingerprint density at radius 3 is 1.03 bits per heavy atom. The van der Waals surface area contributed by atoms with Crippen molar-refractivity contribution in [1.82, 2.24) is 0 Å². The normalized spacial score (nSPS) is 13.3. The molecule has 0 aromatic carbocycles. The van der Waals surface area contributed by atoms with Crippen LogP contribution in [0.3, 0.4) is 0 Å². The molecular formula is C35H72O3. The van der Waals surface area contributed by atoms with E-state index in [1.165, 1.54) is 167 Å². The van der Waals surface area contributed by atoms with Crippen molar-refractivity contribution in [3.63, 3.8) is 0 Å². The first kappa shape index (κ1) is 37.9. The fourth-order valence-electron chi connectivity index (χ4n) is 5.58. The summed E-state index contributed by atoms with van der Waals surface area (Å²) in [5.41, 5.74) is 0. The van der Waals surface area contributed by atoms with Gasteiger partial charge in [-0.15, -0.1) is 0 Å². The van der Waals surface area contributed by atoms with Crippen LogP contribution in [0.1, 0.15) is 200 Å². The first-order chi connectivity index (χ1) is 18.8. The molecule has 3 nitrogen and oxygen atoms in total. The molecule has 2 unspecified atom stereocenters. The summed E-state index contributed by atoms with van der Waals surface area (Å²) in [6.45, 7) is 5.10. The van der Waals surface area contributed by atoms with Gasteiger partial charge in [0.05, 0.1) is 12.7 Å². The Morgan fingerprint density at radius 2 is 0.711 bits per heavy atom. The SMILES string of the molecule is CCCCCCCCCCCCCCCCOC(CCCCCCCCCCCCCCCC)C(O)CO. The first-order valence-corrected chi connectivity index (χ1v) is 17.7. The van der Waals surface area contributed by atoms with E-state index in [2.05, 4.69) is 13.8 Å². The molecule has 230 valence electrons. The molecule has 2 atom stereocenters. The molecule has 38 heavy (non-hydrogen) atoms. The van der Waals surface area contributed by atoms with Gasteiger partial charge in [0.15, 0.2) is 0 Å². The number of aliphatic hydroxyl groups is 2. The quantitative estimate of drug-likeness (QED) is 0.0814. The smallest absolute Gasteiger partial charge is 0.103 e. The van der Waals surface area contributed by atoms with Crippen molar-refractivity contribution in [3.8, 4) is 0 Å². The van der Waals surface area contributed by atoms with E-state index in [9.17, 15) is 10.2 Å². The minimum Gasteiger partial charge on any atom is -0.394 e. The van der Waals surface area contributed by atoms with Crippen molar-refractivity contribution >= 4 is 0 Å². The maximum atomic E-state index is 10.2. The second-order valence-corrected chi connectivity index (χ2v) is 12.1. The maximum Gasteiger partial charge on any atom is 0.103 e. The highest BCUT2D eigenvalue weighted by atomic mass is 16.5. The van der Waals surface area contributed by atoms with Crippen molar-refractivity contribution in [2.24, 2.45) is 0 Å². The van der Waals surface area contributed by atoms with Gasteiger partial charge >= 0.3 is 0 Å². The van der Waals surface area contributed by atoms with Gasteiger partial charge in [-0.3, -0.25) is 0 Å². The fraction of sp³-hybridized carbons (Fsp3) is 1.00. The second kappa shape index (κ2) is 33.1. The van der Waals surface area contributed by atoms with Gasteiger partial charge in [-0.25, -0.2) is 0 Å². The van der Waals surface area contributed by atoms with Crippen LogP contribution >= 0.6 is 0 Å². The van der Waals surface area contributed by atoms with E-state index in [4.69, 9.17) is 4.74 Å². The zero-order valence-corrected chi connectivity index (χ0v) is 26.4. The molecule has 0 aromatic rings. The van der Waals surface area contributed by atoms with Crippen molar-refractivity contribution in [2.45, 2.75) is 212 Å². The predicted molar refractivity (Wildman–Crippen MR) is 168 cm³/mol. The molecule has 0 aliphatic carbocycles. The summed E-state index contributed by atoms with van der Waals surface area (Å²) in [5.74, 6) is 0. The number of ether oxygens (including phenoxy) is 1. The zero-order valence-electron chi connectivity index (χ0n) is 26.4. The van der Waals surface area contributed by atoms with Crippen LogP contribution in [0.2, 0.25) is 0 Å². The number of rotatable bonds is 33. The average Bonchev–Trinajstić information content (AvgIpc) is 2.93. The Balaban J connectivity index is 3.49. The highest BCUT2D eigenvalue weighted by Gasteiger charge is 2.18. The Hall–Kier alpha value is -0.120. The van der Waals surface area contributed by atoms with Crippen LogP contribution in [0.25, 0.3) is 0 Å². The first-order valence-electron chi connectivity index (χ1n) is 17.7. The van der Waals surface area contributed by atoms with E-state index in [1.54, 1.807) is 0 Å². The lowest BCUT2D eigenvalue weighted by Crippen LogP contribution is -2.32. The minimum atomic E-state index is -0.733. The third kappa shape index (κ3) is 28.9. The van der Waals surface area contributed by atoms with E-state index in [-0.39, 0.29) is 12.7 Å². The molecular weight excluding hydrogens is 468 g/mol. The van der Waals surface area contributed by atoms with Gasteiger partial charge in [0, 0.05) is 6.61 Å². The van der Waals surface area contributed by atoms with Crippen LogP contribution in [-0.2, 0) is 4.74 Å². The number of unbranched alkanes of at least 4 members (excludes halogenated alkanes) is 26. The van der Waals surface area contributed by atoms with Gasteiger partial charge in [0.1, 0.15) is 6.10 Å². The lowest BCUT2D eigenvalue weighted by Gasteiger charge is -2.22. The van der Waals surface area contributed by atoms with Crippen LogP contribution in [0.4, 0.5) is 0 Å². The maximum absolute atomic E-state index is 10.2. The van der Waals surface area contributed by atoms with Crippen LogP contribution in [0, 0.1) is 0 Å². The third-order valence-electron chi connectivity index (χ3n) is 8.29. The lowest BCUT2D eigenvalue weighted by molar-refractivity contribution is -0.0629. The van der Waals surface area contributed by atoms with E-state index < -0.39 is 6.10 Å². The topological polar surface area (TPSA) is 49.7 Å².